The lowest BCUT2D eigenvalue weighted by Gasteiger charge is -2.10. The number of benzene rings is 1. The molecule has 1 aromatic rings. The number of hydrogen-bond acceptors (Lipinski definition) is 5. The largest absolute Gasteiger partial charge is 0.478 e. The van der Waals surface area contributed by atoms with Gasteiger partial charge >= 0.3 is 5.97 Å². The first-order valence-corrected chi connectivity index (χ1v) is 4.96. The van der Waals surface area contributed by atoms with Crippen LogP contribution in [-0.2, 0) is 0 Å². The number of carbonyl (C=O) groups is 1. The zero-order chi connectivity index (χ0) is 13.9. The molecule has 0 radical (unpaired) electrons. The Balaban J connectivity index is 3.22. The van der Waals surface area contributed by atoms with E-state index in [9.17, 15) is 19.3 Å². The van der Waals surface area contributed by atoms with E-state index in [4.69, 9.17) is 10.2 Å². The predicted octanol–water partition coefficient (Wildman–Crippen LogP) is 1.22. The van der Waals surface area contributed by atoms with Crippen molar-refractivity contribution < 1.29 is 24.3 Å². The third-order valence-corrected chi connectivity index (χ3v) is 2.10. The minimum atomic E-state index is -1.53. The van der Waals surface area contributed by atoms with Gasteiger partial charge in [-0.3, -0.25) is 10.1 Å². The molecule has 0 spiro atoms. The molecule has 0 aliphatic carbocycles. The SMILES string of the molecule is CC(O)CNc1cc(C(=O)O)c(F)cc1[N+](=O)[O-]. The molecule has 0 aliphatic rings. The molecule has 98 valence electrons. The highest BCUT2D eigenvalue weighted by Gasteiger charge is 2.21. The van der Waals surface area contributed by atoms with Crippen molar-refractivity contribution in [2.75, 3.05) is 11.9 Å². The molecular formula is C10H11FN2O5. The molecule has 0 amide bonds. The van der Waals surface area contributed by atoms with E-state index in [2.05, 4.69) is 5.32 Å². The molecule has 18 heavy (non-hydrogen) atoms. The van der Waals surface area contributed by atoms with Crippen LogP contribution < -0.4 is 5.32 Å². The maximum Gasteiger partial charge on any atom is 0.338 e. The highest BCUT2D eigenvalue weighted by Crippen LogP contribution is 2.27. The molecule has 0 fully saturated rings. The van der Waals surface area contributed by atoms with Crippen LogP contribution in [0.3, 0.4) is 0 Å². The molecule has 1 unspecified atom stereocenters. The Bertz CT molecular complexity index is 489. The number of rotatable bonds is 5. The molecule has 0 saturated carbocycles. The number of carboxylic acid groups (broad SMARTS) is 1. The number of nitrogens with zero attached hydrogens (tertiary/aromatic N) is 1. The predicted molar refractivity (Wildman–Crippen MR) is 60.2 cm³/mol. The van der Waals surface area contributed by atoms with Gasteiger partial charge in [0.05, 0.1) is 22.7 Å². The van der Waals surface area contributed by atoms with E-state index in [0.29, 0.717) is 6.07 Å². The lowest BCUT2D eigenvalue weighted by molar-refractivity contribution is -0.384. The summed E-state index contributed by atoms with van der Waals surface area (Å²) in [5, 5.41) is 30.9. The van der Waals surface area contributed by atoms with Gasteiger partial charge in [0.15, 0.2) is 0 Å². The average Bonchev–Trinajstić information content (AvgIpc) is 2.26. The van der Waals surface area contributed by atoms with E-state index in [1.54, 1.807) is 0 Å². The van der Waals surface area contributed by atoms with E-state index in [1.807, 2.05) is 0 Å². The molecule has 1 aromatic carbocycles. The second kappa shape index (κ2) is 5.41. The van der Waals surface area contributed by atoms with Gasteiger partial charge in [-0.15, -0.1) is 0 Å². The topological polar surface area (TPSA) is 113 Å². The van der Waals surface area contributed by atoms with Gasteiger partial charge in [0.1, 0.15) is 11.5 Å². The van der Waals surface area contributed by atoms with Crippen molar-refractivity contribution in [2.24, 2.45) is 0 Å². The van der Waals surface area contributed by atoms with E-state index in [-0.39, 0.29) is 12.2 Å². The van der Waals surface area contributed by atoms with Crippen molar-refractivity contribution in [3.05, 3.63) is 33.6 Å². The van der Waals surface area contributed by atoms with Gasteiger partial charge in [0.25, 0.3) is 5.69 Å². The van der Waals surface area contributed by atoms with Gasteiger partial charge < -0.3 is 15.5 Å². The number of nitro benzene ring substituents is 1. The molecule has 0 saturated heterocycles. The smallest absolute Gasteiger partial charge is 0.338 e. The van der Waals surface area contributed by atoms with Crippen LogP contribution >= 0.6 is 0 Å². The zero-order valence-electron chi connectivity index (χ0n) is 9.38. The zero-order valence-corrected chi connectivity index (χ0v) is 9.38. The van der Waals surface area contributed by atoms with Crippen molar-refractivity contribution in [1.82, 2.24) is 0 Å². The summed E-state index contributed by atoms with van der Waals surface area (Å²) in [6.07, 6.45) is -0.789. The number of nitrogens with one attached hydrogen (secondary N) is 1. The Kier molecular flexibility index (Phi) is 4.16. The van der Waals surface area contributed by atoms with Gasteiger partial charge in [-0.25, -0.2) is 9.18 Å². The van der Waals surface area contributed by atoms with E-state index in [1.165, 1.54) is 6.92 Å². The van der Waals surface area contributed by atoms with Gasteiger partial charge in [-0.05, 0) is 13.0 Å². The molecule has 3 N–H and O–H groups in total. The molecule has 1 rings (SSSR count). The number of anilines is 1. The van der Waals surface area contributed by atoms with Crippen molar-refractivity contribution in [2.45, 2.75) is 13.0 Å². The minimum Gasteiger partial charge on any atom is -0.478 e. The molecule has 8 heteroatoms. The van der Waals surface area contributed by atoms with E-state index >= 15 is 0 Å². The van der Waals surface area contributed by atoms with Crippen LogP contribution in [0.1, 0.15) is 17.3 Å². The van der Waals surface area contributed by atoms with Crippen LogP contribution in [0.4, 0.5) is 15.8 Å². The first-order valence-electron chi connectivity index (χ1n) is 4.96. The second-order valence-corrected chi connectivity index (χ2v) is 3.64. The highest BCUT2D eigenvalue weighted by atomic mass is 19.1. The summed E-state index contributed by atoms with van der Waals surface area (Å²) in [5.41, 5.74) is -1.41. The van der Waals surface area contributed by atoms with Crippen LogP contribution in [0, 0.1) is 15.9 Å². The molecule has 0 heterocycles. The number of hydrogen-bond donors (Lipinski definition) is 3. The molecule has 7 nitrogen and oxygen atoms in total. The van der Waals surface area contributed by atoms with Crippen LogP contribution in [-0.4, -0.2) is 33.8 Å². The second-order valence-electron chi connectivity index (χ2n) is 3.64. The number of aliphatic hydroxyl groups excluding tert-OH is 1. The van der Waals surface area contributed by atoms with Crippen molar-refractivity contribution >= 4 is 17.3 Å². The number of halogens is 1. The summed E-state index contributed by atoms with van der Waals surface area (Å²) in [7, 11) is 0. The maximum atomic E-state index is 13.3. The van der Waals surface area contributed by atoms with Gasteiger partial charge in [0.2, 0.25) is 0 Å². The summed E-state index contributed by atoms with van der Waals surface area (Å²) >= 11 is 0. The van der Waals surface area contributed by atoms with Gasteiger partial charge in [-0.1, -0.05) is 0 Å². The van der Waals surface area contributed by atoms with Crippen molar-refractivity contribution in [1.29, 1.82) is 0 Å². The maximum absolute atomic E-state index is 13.3. The molecule has 1 atom stereocenters. The van der Waals surface area contributed by atoms with Crippen molar-refractivity contribution in [3.63, 3.8) is 0 Å². The van der Waals surface area contributed by atoms with Crippen molar-refractivity contribution in [3.8, 4) is 0 Å². The summed E-state index contributed by atoms with van der Waals surface area (Å²) in [5.74, 6) is -2.71. The monoisotopic (exact) mass is 258 g/mol. The first-order chi connectivity index (χ1) is 8.32. The Labute approximate surface area is 101 Å². The summed E-state index contributed by atoms with van der Waals surface area (Å²) in [4.78, 5) is 20.6. The fraction of sp³-hybridized carbons (Fsp3) is 0.300. The normalized spacial score (nSPS) is 11.9. The Morgan fingerprint density at radius 2 is 2.22 bits per heavy atom. The number of carboxylic acids is 1. The highest BCUT2D eigenvalue weighted by molar-refractivity contribution is 5.90. The van der Waals surface area contributed by atoms with Gasteiger partial charge in [0, 0.05) is 6.54 Å². The first kappa shape index (κ1) is 13.8. The van der Waals surface area contributed by atoms with Crippen LogP contribution in [0.25, 0.3) is 0 Å². The van der Waals surface area contributed by atoms with E-state index < -0.39 is 34.1 Å². The van der Waals surface area contributed by atoms with Crippen LogP contribution in [0.5, 0.6) is 0 Å². The molecular weight excluding hydrogens is 247 g/mol. The summed E-state index contributed by atoms with van der Waals surface area (Å²) in [6, 6.07) is 1.37. The molecule has 0 bridgehead atoms. The van der Waals surface area contributed by atoms with E-state index in [0.717, 1.165) is 6.07 Å². The van der Waals surface area contributed by atoms with Crippen LogP contribution in [0.15, 0.2) is 12.1 Å². The Hall–Kier alpha value is -2.22. The summed E-state index contributed by atoms with van der Waals surface area (Å²) in [6.45, 7) is 1.42. The standard InChI is InChI=1S/C10H11FN2O5/c1-5(14)4-12-8-2-6(10(15)16)7(11)3-9(8)13(17)18/h2-3,5,12,14H,4H2,1H3,(H,15,16). The number of aromatic carboxylic acids is 1. The minimum absolute atomic E-state index is 0.0223. The summed E-state index contributed by atoms with van der Waals surface area (Å²) < 4.78 is 13.3. The lowest BCUT2D eigenvalue weighted by atomic mass is 10.1. The fourth-order valence-corrected chi connectivity index (χ4v) is 1.28. The lowest BCUT2D eigenvalue weighted by Crippen LogP contribution is -2.17. The van der Waals surface area contributed by atoms with Gasteiger partial charge in [-0.2, -0.15) is 0 Å². The average molecular weight is 258 g/mol. The Morgan fingerprint density at radius 1 is 1.61 bits per heavy atom. The fourth-order valence-electron chi connectivity index (χ4n) is 1.28. The van der Waals surface area contributed by atoms with Crippen LogP contribution in [0.2, 0.25) is 0 Å². The third kappa shape index (κ3) is 3.14. The number of nitro groups is 1. The molecule has 0 aromatic heterocycles. The number of aliphatic hydroxyl groups is 1. The molecule has 0 aliphatic heterocycles. The Morgan fingerprint density at radius 3 is 2.67 bits per heavy atom. The third-order valence-electron chi connectivity index (χ3n) is 2.10. The quantitative estimate of drug-likeness (QED) is 0.540.